The van der Waals surface area contributed by atoms with Gasteiger partial charge in [0.25, 0.3) is 0 Å². The minimum atomic E-state index is -0.212. The van der Waals surface area contributed by atoms with Crippen molar-refractivity contribution in [2.75, 3.05) is 31.1 Å². The van der Waals surface area contributed by atoms with Crippen LogP contribution in [0.4, 0.5) is 10.1 Å². The van der Waals surface area contributed by atoms with Crippen LogP contribution in [-0.4, -0.2) is 37.4 Å². The highest BCUT2D eigenvalue weighted by Crippen LogP contribution is 2.15. The Hall–Kier alpha value is -1.13. The van der Waals surface area contributed by atoms with E-state index in [1.165, 1.54) is 12.1 Å². The lowest BCUT2D eigenvalue weighted by Gasteiger charge is -2.25. The number of likely N-dealkylation sites (N-methyl/N-ethyl adjacent to an activating group) is 1. The quantitative estimate of drug-likeness (QED) is 0.745. The fourth-order valence-electron chi connectivity index (χ4n) is 1.98. The minimum absolute atomic E-state index is 0.129. The zero-order valence-electron chi connectivity index (χ0n) is 11.2. The average Bonchev–Trinajstić information content (AvgIpc) is 2.40. The number of hydrogen-bond donors (Lipinski definition) is 2. The smallest absolute Gasteiger partial charge is 0.123 e. The maximum absolute atomic E-state index is 12.9. The molecule has 102 valence electrons. The van der Waals surface area contributed by atoms with Crippen LogP contribution in [0.2, 0.25) is 0 Å². The van der Waals surface area contributed by atoms with E-state index in [9.17, 15) is 9.50 Å². The molecule has 1 rings (SSSR count). The van der Waals surface area contributed by atoms with E-state index in [2.05, 4.69) is 17.1 Å². The molecule has 0 aliphatic heterocycles. The number of hydrogen-bond acceptors (Lipinski definition) is 3. The van der Waals surface area contributed by atoms with Gasteiger partial charge in [0.05, 0.1) is 6.61 Å². The van der Waals surface area contributed by atoms with Crippen molar-refractivity contribution in [3.8, 4) is 0 Å². The highest BCUT2D eigenvalue weighted by Gasteiger charge is 2.09. The Morgan fingerprint density at radius 1 is 1.28 bits per heavy atom. The van der Waals surface area contributed by atoms with Gasteiger partial charge in [0.1, 0.15) is 5.82 Å². The standard InChI is InChI=1S/C14H23FN2O/c1-3-16-13(11-18)9-10-17(4-2)14-7-5-12(15)6-8-14/h5-8,13,16,18H,3-4,9-11H2,1-2H3. The van der Waals surface area contributed by atoms with E-state index in [0.717, 1.165) is 31.7 Å². The molecule has 0 aliphatic rings. The predicted octanol–water partition coefficient (Wildman–Crippen LogP) is 2.01. The molecule has 0 fully saturated rings. The van der Waals surface area contributed by atoms with Gasteiger partial charge in [-0.05, 0) is 44.2 Å². The van der Waals surface area contributed by atoms with Crippen LogP contribution in [0.3, 0.4) is 0 Å². The van der Waals surface area contributed by atoms with Gasteiger partial charge < -0.3 is 15.3 Å². The van der Waals surface area contributed by atoms with Gasteiger partial charge in [-0.2, -0.15) is 0 Å². The Balaban J connectivity index is 2.53. The summed E-state index contributed by atoms with van der Waals surface area (Å²) in [7, 11) is 0. The second-order valence-corrected chi connectivity index (χ2v) is 4.28. The third kappa shape index (κ3) is 4.63. The number of anilines is 1. The van der Waals surface area contributed by atoms with Crippen molar-refractivity contribution in [3.63, 3.8) is 0 Å². The van der Waals surface area contributed by atoms with Crippen molar-refractivity contribution in [1.82, 2.24) is 5.32 Å². The summed E-state index contributed by atoms with van der Waals surface area (Å²) < 4.78 is 12.9. The molecule has 0 spiro atoms. The van der Waals surface area contributed by atoms with Crippen molar-refractivity contribution >= 4 is 5.69 Å². The second-order valence-electron chi connectivity index (χ2n) is 4.28. The monoisotopic (exact) mass is 254 g/mol. The van der Waals surface area contributed by atoms with Crippen molar-refractivity contribution < 1.29 is 9.50 Å². The van der Waals surface area contributed by atoms with Crippen LogP contribution in [0.1, 0.15) is 20.3 Å². The Bertz CT molecular complexity index is 329. The highest BCUT2D eigenvalue weighted by molar-refractivity contribution is 5.45. The molecule has 0 radical (unpaired) electrons. The lowest BCUT2D eigenvalue weighted by atomic mass is 10.2. The maximum Gasteiger partial charge on any atom is 0.123 e. The summed E-state index contributed by atoms with van der Waals surface area (Å²) in [5.74, 6) is -0.212. The van der Waals surface area contributed by atoms with Crippen LogP contribution >= 0.6 is 0 Å². The highest BCUT2D eigenvalue weighted by atomic mass is 19.1. The van der Waals surface area contributed by atoms with E-state index >= 15 is 0 Å². The first-order chi connectivity index (χ1) is 8.71. The van der Waals surface area contributed by atoms with Gasteiger partial charge in [-0.15, -0.1) is 0 Å². The molecule has 0 amide bonds. The zero-order chi connectivity index (χ0) is 13.4. The number of nitrogens with zero attached hydrogens (tertiary/aromatic N) is 1. The Morgan fingerprint density at radius 2 is 1.94 bits per heavy atom. The topological polar surface area (TPSA) is 35.5 Å². The predicted molar refractivity (Wildman–Crippen MR) is 73.5 cm³/mol. The lowest BCUT2D eigenvalue weighted by Crippen LogP contribution is -2.36. The molecule has 0 saturated heterocycles. The largest absolute Gasteiger partial charge is 0.395 e. The summed E-state index contributed by atoms with van der Waals surface area (Å²) in [6.45, 7) is 6.82. The summed E-state index contributed by atoms with van der Waals surface area (Å²) in [5.41, 5.74) is 1.02. The van der Waals surface area contributed by atoms with Crippen molar-refractivity contribution in [2.24, 2.45) is 0 Å². The normalized spacial score (nSPS) is 12.4. The molecule has 1 aromatic carbocycles. The van der Waals surface area contributed by atoms with Crippen LogP contribution in [-0.2, 0) is 0 Å². The summed E-state index contributed by atoms with van der Waals surface area (Å²) in [5, 5.41) is 12.5. The fraction of sp³-hybridized carbons (Fsp3) is 0.571. The molecule has 0 bridgehead atoms. The van der Waals surface area contributed by atoms with Crippen LogP contribution in [0, 0.1) is 5.82 Å². The molecule has 2 N–H and O–H groups in total. The third-order valence-corrected chi connectivity index (χ3v) is 3.03. The first-order valence-electron chi connectivity index (χ1n) is 6.56. The molecule has 18 heavy (non-hydrogen) atoms. The SMILES string of the molecule is CCNC(CO)CCN(CC)c1ccc(F)cc1. The molecule has 0 heterocycles. The van der Waals surface area contributed by atoms with Gasteiger partial charge >= 0.3 is 0 Å². The Kier molecular flexibility index (Phi) is 6.68. The van der Waals surface area contributed by atoms with Crippen molar-refractivity contribution in [1.29, 1.82) is 0 Å². The second kappa shape index (κ2) is 8.06. The zero-order valence-corrected chi connectivity index (χ0v) is 11.2. The number of nitrogens with one attached hydrogen (secondary N) is 1. The summed E-state index contributed by atoms with van der Waals surface area (Å²) in [4.78, 5) is 2.18. The molecule has 4 heteroatoms. The molecule has 1 aromatic rings. The summed E-state index contributed by atoms with van der Waals surface area (Å²) in [6.07, 6.45) is 0.871. The first-order valence-corrected chi connectivity index (χ1v) is 6.56. The number of benzene rings is 1. The number of halogens is 1. The average molecular weight is 254 g/mol. The van der Waals surface area contributed by atoms with Crippen molar-refractivity contribution in [2.45, 2.75) is 26.3 Å². The van der Waals surface area contributed by atoms with Crippen molar-refractivity contribution in [3.05, 3.63) is 30.1 Å². The Labute approximate surface area is 109 Å². The van der Waals surface area contributed by atoms with Gasteiger partial charge in [0, 0.05) is 24.8 Å². The van der Waals surface area contributed by atoms with Gasteiger partial charge in [-0.3, -0.25) is 0 Å². The van der Waals surface area contributed by atoms with E-state index in [4.69, 9.17) is 0 Å². The van der Waals surface area contributed by atoms with E-state index in [0.29, 0.717) is 0 Å². The van der Waals surface area contributed by atoms with Crippen LogP contribution < -0.4 is 10.2 Å². The Morgan fingerprint density at radius 3 is 2.44 bits per heavy atom. The van der Waals surface area contributed by atoms with E-state index < -0.39 is 0 Å². The lowest BCUT2D eigenvalue weighted by molar-refractivity contribution is 0.238. The van der Waals surface area contributed by atoms with Gasteiger partial charge in [0.2, 0.25) is 0 Å². The molecule has 1 atom stereocenters. The number of rotatable bonds is 8. The molecule has 3 nitrogen and oxygen atoms in total. The molecule has 1 unspecified atom stereocenters. The molecule has 0 aliphatic carbocycles. The first kappa shape index (κ1) is 14.9. The van der Waals surface area contributed by atoms with Gasteiger partial charge in [-0.1, -0.05) is 6.92 Å². The minimum Gasteiger partial charge on any atom is -0.395 e. The van der Waals surface area contributed by atoms with Gasteiger partial charge in [-0.25, -0.2) is 4.39 Å². The molecule has 0 saturated carbocycles. The van der Waals surface area contributed by atoms with Crippen LogP contribution in [0.15, 0.2) is 24.3 Å². The molecular weight excluding hydrogens is 231 g/mol. The van der Waals surface area contributed by atoms with Gasteiger partial charge in [0.15, 0.2) is 0 Å². The molecular formula is C14H23FN2O. The number of aliphatic hydroxyl groups excluding tert-OH is 1. The van der Waals surface area contributed by atoms with Crippen LogP contribution in [0.5, 0.6) is 0 Å². The molecule has 0 aromatic heterocycles. The summed E-state index contributed by atoms with van der Waals surface area (Å²) in [6, 6.07) is 6.67. The summed E-state index contributed by atoms with van der Waals surface area (Å²) >= 11 is 0. The van der Waals surface area contributed by atoms with E-state index in [-0.39, 0.29) is 18.5 Å². The van der Waals surface area contributed by atoms with Crippen LogP contribution in [0.25, 0.3) is 0 Å². The number of aliphatic hydroxyl groups is 1. The van der Waals surface area contributed by atoms with E-state index in [1.807, 2.05) is 6.92 Å². The third-order valence-electron chi connectivity index (χ3n) is 3.03. The fourth-order valence-corrected chi connectivity index (χ4v) is 1.98. The maximum atomic E-state index is 12.9. The van der Waals surface area contributed by atoms with E-state index in [1.54, 1.807) is 12.1 Å².